The van der Waals surface area contributed by atoms with Crippen molar-refractivity contribution in [1.29, 1.82) is 0 Å². The van der Waals surface area contributed by atoms with Gasteiger partial charge in [0.1, 0.15) is 0 Å². The third kappa shape index (κ3) is 3.51. The molecule has 2 heteroatoms. The first-order valence-electron chi connectivity index (χ1n) is 3.08. The highest BCUT2D eigenvalue weighted by Gasteiger charge is 1.85. The van der Waals surface area contributed by atoms with E-state index in [1.165, 1.54) is 0 Å². The highest BCUT2D eigenvalue weighted by molar-refractivity contribution is 9.11. The zero-order valence-electron chi connectivity index (χ0n) is 6.32. The van der Waals surface area contributed by atoms with Crippen LogP contribution in [0.25, 0.3) is 0 Å². The van der Waals surface area contributed by atoms with E-state index in [0.717, 1.165) is 10.2 Å². The van der Waals surface area contributed by atoms with Gasteiger partial charge in [-0.25, -0.2) is 0 Å². The number of rotatable bonds is 3. The predicted molar refractivity (Wildman–Crippen MR) is 50.0 cm³/mol. The molecule has 0 saturated carbocycles. The summed E-state index contributed by atoms with van der Waals surface area (Å²) in [6.07, 6.45) is 5.71. The molecule has 0 unspecified atom stereocenters. The van der Waals surface area contributed by atoms with E-state index in [0.29, 0.717) is 0 Å². The maximum absolute atomic E-state index is 3.61. The fraction of sp³-hybridized carbons (Fsp3) is 0.250. The molecule has 0 heterocycles. The molecule has 0 aromatic rings. The molecule has 0 aromatic carbocycles. The maximum Gasteiger partial charge on any atom is 0.0305 e. The van der Waals surface area contributed by atoms with Crippen LogP contribution in [0, 0.1) is 0 Å². The summed E-state index contributed by atoms with van der Waals surface area (Å²) in [7, 11) is 1.88. The van der Waals surface area contributed by atoms with Crippen molar-refractivity contribution in [2.24, 2.45) is 0 Å². The van der Waals surface area contributed by atoms with Crippen LogP contribution in [0.1, 0.15) is 6.92 Å². The largest absolute Gasteiger partial charge is 0.388 e. The van der Waals surface area contributed by atoms with Gasteiger partial charge < -0.3 is 5.32 Å². The fourth-order valence-corrected chi connectivity index (χ4v) is 0.754. The Labute approximate surface area is 70.6 Å². The van der Waals surface area contributed by atoms with E-state index >= 15 is 0 Å². The lowest BCUT2D eigenvalue weighted by Crippen LogP contribution is -2.02. The minimum Gasteiger partial charge on any atom is -0.388 e. The Morgan fingerprint density at radius 1 is 1.60 bits per heavy atom. The Hall–Kier alpha value is -0.500. The number of hydrogen-bond donors (Lipinski definition) is 1. The molecule has 0 atom stereocenters. The lowest BCUT2D eigenvalue weighted by Gasteiger charge is -1.98. The Bertz CT molecular complexity index is 168. The summed E-state index contributed by atoms with van der Waals surface area (Å²) in [6.45, 7) is 5.59. The molecule has 56 valence electrons. The van der Waals surface area contributed by atoms with Crippen molar-refractivity contribution in [2.45, 2.75) is 6.92 Å². The first kappa shape index (κ1) is 9.50. The van der Waals surface area contributed by atoms with Gasteiger partial charge in [-0.2, -0.15) is 0 Å². The quantitative estimate of drug-likeness (QED) is 0.693. The van der Waals surface area contributed by atoms with Gasteiger partial charge in [-0.1, -0.05) is 34.7 Å². The third-order valence-electron chi connectivity index (χ3n) is 1.09. The zero-order chi connectivity index (χ0) is 7.98. The molecule has 0 radical (unpaired) electrons. The van der Waals surface area contributed by atoms with E-state index in [2.05, 4.69) is 27.8 Å². The van der Waals surface area contributed by atoms with Gasteiger partial charge in [-0.15, -0.1) is 0 Å². The SMILES string of the molecule is C=C/C(Br)=C\C(=C/C)NC. The normalized spacial score (nSPS) is 13.1. The van der Waals surface area contributed by atoms with Crippen molar-refractivity contribution < 1.29 is 0 Å². The first-order chi connectivity index (χ1) is 4.74. The molecular formula is C8H12BrN. The summed E-state index contributed by atoms with van der Waals surface area (Å²) >= 11 is 3.32. The van der Waals surface area contributed by atoms with Crippen molar-refractivity contribution in [1.82, 2.24) is 5.32 Å². The minimum absolute atomic E-state index is 0.981. The molecule has 0 aliphatic carbocycles. The smallest absolute Gasteiger partial charge is 0.0305 e. The van der Waals surface area contributed by atoms with Crippen molar-refractivity contribution >= 4 is 15.9 Å². The monoisotopic (exact) mass is 201 g/mol. The third-order valence-corrected chi connectivity index (χ3v) is 1.64. The van der Waals surface area contributed by atoms with Crippen LogP contribution in [0.5, 0.6) is 0 Å². The van der Waals surface area contributed by atoms with Gasteiger partial charge in [0, 0.05) is 17.2 Å². The van der Waals surface area contributed by atoms with Gasteiger partial charge in [0.25, 0.3) is 0 Å². The van der Waals surface area contributed by atoms with Crippen LogP contribution in [-0.2, 0) is 0 Å². The zero-order valence-corrected chi connectivity index (χ0v) is 7.90. The standard InChI is InChI=1S/C8H12BrN/c1-4-7(9)6-8(5-2)10-3/h4-6,10H,1H2,2-3H3/b7-6+,8-5+. The molecule has 1 nitrogen and oxygen atoms in total. The number of hydrogen-bond acceptors (Lipinski definition) is 1. The van der Waals surface area contributed by atoms with Gasteiger partial charge in [0.15, 0.2) is 0 Å². The van der Waals surface area contributed by atoms with Gasteiger partial charge in [-0.3, -0.25) is 0 Å². The van der Waals surface area contributed by atoms with E-state index in [9.17, 15) is 0 Å². The number of halogens is 1. The van der Waals surface area contributed by atoms with Crippen LogP contribution in [0.15, 0.2) is 35.0 Å². The lowest BCUT2D eigenvalue weighted by molar-refractivity contribution is 1.03. The Kier molecular flexibility index (Phi) is 5.03. The van der Waals surface area contributed by atoms with Crippen LogP contribution in [0.2, 0.25) is 0 Å². The average molecular weight is 202 g/mol. The molecule has 10 heavy (non-hydrogen) atoms. The van der Waals surface area contributed by atoms with Crippen LogP contribution in [0.4, 0.5) is 0 Å². The van der Waals surface area contributed by atoms with Crippen molar-refractivity contribution in [3.8, 4) is 0 Å². The average Bonchev–Trinajstić information content (AvgIpc) is 1.99. The van der Waals surface area contributed by atoms with Crippen LogP contribution in [-0.4, -0.2) is 7.05 Å². The van der Waals surface area contributed by atoms with Gasteiger partial charge in [0.05, 0.1) is 0 Å². The van der Waals surface area contributed by atoms with Crippen LogP contribution < -0.4 is 5.32 Å². The topological polar surface area (TPSA) is 12.0 Å². The molecule has 0 saturated heterocycles. The van der Waals surface area contributed by atoms with E-state index in [4.69, 9.17) is 0 Å². The highest BCUT2D eigenvalue weighted by atomic mass is 79.9. The molecule has 0 fully saturated rings. The van der Waals surface area contributed by atoms with Crippen molar-refractivity contribution in [3.63, 3.8) is 0 Å². The first-order valence-corrected chi connectivity index (χ1v) is 3.87. The summed E-state index contributed by atoms with van der Waals surface area (Å²) in [5.41, 5.74) is 1.08. The molecule has 0 rings (SSSR count). The van der Waals surface area contributed by atoms with E-state index in [-0.39, 0.29) is 0 Å². The second-order valence-corrected chi connectivity index (χ2v) is 2.64. The molecular weight excluding hydrogens is 190 g/mol. The molecule has 0 spiro atoms. The summed E-state index contributed by atoms with van der Waals surface area (Å²) in [5.74, 6) is 0. The van der Waals surface area contributed by atoms with Gasteiger partial charge in [-0.05, 0) is 13.0 Å². The Morgan fingerprint density at radius 2 is 2.20 bits per heavy atom. The summed E-state index contributed by atoms with van der Waals surface area (Å²) in [5, 5.41) is 3.02. The number of allylic oxidation sites excluding steroid dienone is 4. The lowest BCUT2D eigenvalue weighted by atomic mass is 10.3. The minimum atomic E-state index is 0.981. The van der Waals surface area contributed by atoms with Gasteiger partial charge in [0.2, 0.25) is 0 Å². The fourth-order valence-electron chi connectivity index (χ4n) is 0.507. The Balaban J connectivity index is 4.22. The van der Waals surface area contributed by atoms with Crippen molar-refractivity contribution in [2.75, 3.05) is 7.05 Å². The van der Waals surface area contributed by atoms with Crippen LogP contribution >= 0.6 is 15.9 Å². The second kappa shape index (κ2) is 5.30. The second-order valence-electron chi connectivity index (χ2n) is 1.73. The molecule has 0 aliphatic rings. The summed E-state index contributed by atoms with van der Waals surface area (Å²) in [4.78, 5) is 0. The molecule has 0 amide bonds. The van der Waals surface area contributed by atoms with E-state index < -0.39 is 0 Å². The molecule has 0 bridgehead atoms. The van der Waals surface area contributed by atoms with E-state index in [1.54, 1.807) is 6.08 Å². The predicted octanol–water partition coefficient (Wildman–Crippen LogP) is 2.57. The van der Waals surface area contributed by atoms with Crippen LogP contribution in [0.3, 0.4) is 0 Å². The molecule has 1 N–H and O–H groups in total. The highest BCUT2D eigenvalue weighted by Crippen LogP contribution is 2.07. The number of likely N-dealkylation sites (N-methyl/N-ethyl adjacent to an activating group) is 1. The van der Waals surface area contributed by atoms with Gasteiger partial charge >= 0.3 is 0 Å². The van der Waals surface area contributed by atoms with E-state index in [1.807, 2.05) is 26.1 Å². The van der Waals surface area contributed by atoms with Crippen molar-refractivity contribution in [3.05, 3.63) is 35.0 Å². The Morgan fingerprint density at radius 3 is 2.50 bits per heavy atom. The summed E-state index contributed by atoms with van der Waals surface area (Å²) < 4.78 is 0.981. The maximum atomic E-state index is 3.61. The number of nitrogens with one attached hydrogen (secondary N) is 1. The molecule has 0 aromatic heterocycles. The molecule has 0 aliphatic heterocycles. The summed E-state index contributed by atoms with van der Waals surface area (Å²) in [6, 6.07) is 0.